The van der Waals surface area contributed by atoms with Gasteiger partial charge in [0.25, 0.3) is 0 Å². The molecule has 0 amide bonds. The third-order valence-electron chi connectivity index (χ3n) is 3.46. The van der Waals surface area contributed by atoms with Crippen molar-refractivity contribution in [1.29, 1.82) is 0 Å². The van der Waals surface area contributed by atoms with E-state index in [-0.39, 0.29) is 11.2 Å². The van der Waals surface area contributed by atoms with Gasteiger partial charge < -0.3 is 5.73 Å². The van der Waals surface area contributed by atoms with Gasteiger partial charge in [0, 0.05) is 18.2 Å². The average molecular weight is 238 g/mol. The smallest absolute Gasteiger partial charge is 0.139 e. The summed E-state index contributed by atoms with van der Waals surface area (Å²) in [5.74, 6) is 0.287. The minimum absolute atomic E-state index is 0.127. The fourth-order valence-electron chi connectivity index (χ4n) is 2.30. The van der Waals surface area contributed by atoms with E-state index in [0.29, 0.717) is 19.4 Å². The molecule has 4 heteroatoms. The normalized spacial score (nSPS) is 18.1. The van der Waals surface area contributed by atoms with E-state index >= 15 is 0 Å². The molecule has 0 aliphatic heterocycles. The van der Waals surface area contributed by atoms with Gasteiger partial charge in [0.2, 0.25) is 0 Å². The van der Waals surface area contributed by atoms with E-state index in [9.17, 15) is 4.79 Å². The summed E-state index contributed by atoms with van der Waals surface area (Å²) in [6.45, 7) is 2.61. The first kappa shape index (κ1) is 11.7. The van der Waals surface area contributed by atoms with Gasteiger partial charge in [0.15, 0.2) is 0 Å². The second-order valence-corrected chi connectivity index (χ2v) is 5.87. The van der Waals surface area contributed by atoms with Crippen LogP contribution in [0.15, 0.2) is 5.38 Å². The molecule has 1 aromatic heterocycles. The summed E-state index contributed by atoms with van der Waals surface area (Å²) in [5.41, 5.74) is 6.79. The summed E-state index contributed by atoms with van der Waals surface area (Å²) < 4.78 is 0. The zero-order valence-corrected chi connectivity index (χ0v) is 10.5. The molecule has 2 rings (SSSR count). The van der Waals surface area contributed by atoms with Gasteiger partial charge >= 0.3 is 0 Å². The quantitative estimate of drug-likeness (QED) is 0.854. The molecule has 0 atom stereocenters. The maximum Gasteiger partial charge on any atom is 0.139 e. The summed E-state index contributed by atoms with van der Waals surface area (Å²) in [6, 6.07) is 0. The number of nitrogens with two attached hydrogens (primary N) is 1. The Kier molecular flexibility index (Phi) is 3.40. The Bertz CT molecular complexity index is 377. The summed E-state index contributed by atoms with van der Waals surface area (Å²) in [5, 5.41) is 3.00. The molecule has 0 unspecified atom stereocenters. The minimum Gasteiger partial charge on any atom is -0.330 e. The summed E-state index contributed by atoms with van der Waals surface area (Å²) in [4.78, 5) is 16.2. The van der Waals surface area contributed by atoms with Gasteiger partial charge in [-0.15, -0.1) is 11.3 Å². The second kappa shape index (κ2) is 4.63. The van der Waals surface area contributed by atoms with Gasteiger partial charge in [-0.2, -0.15) is 0 Å². The van der Waals surface area contributed by atoms with Crippen LogP contribution >= 0.6 is 11.3 Å². The van der Waals surface area contributed by atoms with Crippen LogP contribution in [0.5, 0.6) is 0 Å². The lowest BCUT2D eigenvalue weighted by atomic mass is 9.66. The molecule has 0 spiro atoms. The van der Waals surface area contributed by atoms with Crippen molar-refractivity contribution >= 4 is 17.1 Å². The number of ketones is 1. The number of rotatable bonds is 5. The van der Waals surface area contributed by atoms with E-state index < -0.39 is 0 Å². The van der Waals surface area contributed by atoms with Crippen LogP contribution in [-0.2, 0) is 11.2 Å². The van der Waals surface area contributed by atoms with Crippen LogP contribution in [0.4, 0.5) is 0 Å². The predicted octanol–water partition coefficient (Wildman–Crippen LogP) is 2.08. The largest absolute Gasteiger partial charge is 0.330 e. The lowest BCUT2D eigenvalue weighted by molar-refractivity contribution is -0.122. The standard InChI is InChI=1S/C12H18N2OS/c1-9-14-10(7-16-9)5-11(15)6-12(8-13)3-2-4-12/h7H,2-6,8,13H2,1H3. The van der Waals surface area contributed by atoms with Gasteiger partial charge in [-0.25, -0.2) is 4.98 Å². The maximum atomic E-state index is 11.9. The van der Waals surface area contributed by atoms with Crippen molar-refractivity contribution in [2.45, 2.75) is 39.0 Å². The highest BCUT2D eigenvalue weighted by Crippen LogP contribution is 2.43. The van der Waals surface area contributed by atoms with E-state index in [1.807, 2.05) is 12.3 Å². The molecule has 0 radical (unpaired) electrons. The number of carbonyl (C=O) groups excluding carboxylic acids is 1. The van der Waals surface area contributed by atoms with E-state index in [0.717, 1.165) is 23.5 Å². The SMILES string of the molecule is Cc1nc(CC(=O)CC2(CN)CCC2)cs1. The molecule has 0 bridgehead atoms. The Morgan fingerprint density at radius 3 is 2.81 bits per heavy atom. The summed E-state index contributed by atoms with van der Waals surface area (Å²) in [6.07, 6.45) is 4.57. The number of carbonyl (C=O) groups is 1. The Labute approximate surface area is 100 Å². The van der Waals surface area contributed by atoms with Crippen LogP contribution in [0.2, 0.25) is 0 Å². The maximum absolute atomic E-state index is 11.9. The Morgan fingerprint density at radius 2 is 2.38 bits per heavy atom. The van der Waals surface area contributed by atoms with Crippen LogP contribution in [0, 0.1) is 12.3 Å². The third-order valence-corrected chi connectivity index (χ3v) is 4.29. The molecule has 2 N–H and O–H groups in total. The van der Waals surface area contributed by atoms with Crippen molar-refractivity contribution in [2.24, 2.45) is 11.1 Å². The second-order valence-electron chi connectivity index (χ2n) is 4.81. The van der Waals surface area contributed by atoms with Gasteiger partial charge in [-0.3, -0.25) is 4.79 Å². The summed E-state index contributed by atoms with van der Waals surface area (Å²) >= 11 is 1.60. The number of hydrogen-bond acceptors (Lipinski definition) is 4. The third kappa shape index (κ3) is 2.50. The molecule has 1 aliphatic rings. The molecular weight excluding hydrogens is 220 g/mol. The van der Waals surface area contributed by atoms with Crippen molar-refractivity contribution in [2.75, 3.05) is 6.54 Å². The van der Waals surface area contributed by atoms with Crippen molar-refractivity contribution in [1.82, 2.24) is 4.98 Å². The van der Waals surface area contributed by atoms with Crippen LogP contribution in [0.3, 0.4) is 0 Å². The minimum atomic E-state index is 0.127. The molecule has 88 valence electrons. The number of hydrogen-bond donors (Lipinski definition) is 1. The van der Waals surface area contributed by atoms with Gasteiger partial charge in [-0.05, 0) is 31.7 Å². The van der Waals surface area contributed by atoms with Crippen LogP contribution in [0.25, 0.3) is 0 Å². The van der Waals surface area contributed by atoms with Gasteiger partial charge in [0.1, 0.15) is 5.78 Å². The highest BCUT2D eigenvalue weighted by Gasteiger charge is 2.37. The van der Waals surface area contributed by atoms with Crippen LogP contribution < -0.4 is 5.73 Å². The first-order valence-electron chi connectivity index (χ1n) is 5.76. The molecule has 1 aliphatic carbocycles. The first-order chi connectivity index (χ1) is 7.63. The van der Waals surface area contributed by atoms with Crippen molar-refractivity contribution in [3.63, 3.8) is 0 Å². The molecule has 0 saturated heterocycles. The predicted molar refractivity (Wildman–Crippen MR) is 65.5 cm³/mol. The number of thiazole rings is 1. The monoisotopic (exact) mass is 238 g/mol. The topological polar surface area (TPSA) is 56.0 Å². The molecule has 1 aromatic rings. The molecule has 3 nitrogen and oxygen atoms in total. The van der Waals surface area contributed by atoms with Crippen LogP contribution in [-0.4, -0.2) is 17.3 Å². The van der Waals surface area contributed by atoms with E-state index in [1.165, 1.54) is 6.42 Å². The molecule has 16 heavy (non-hydrogen) atoms. The fourth-order valence-corrected chi connectivity index (χ4v) is 2.91. The van der Waals surface area contributed by atoms with Crippen molar-refractivity contribution in [3.8, 4) is 0 Å². The highest BCUT2D eigenvalue weighted by molar-refractivity contribution is 7.09. The van der Waals surface area contributed by atoms with Gasteiger partial charge in [-0.1, -0.05) is 6.42 Å². The molecule has 0 aromatic carbocycles. The molecule has 1 saturated carbocycles. The Morgan fingerprint density at radius 1 is 1.62 bits per heavy atom. The zero-order valence-electron chi connectivity index (χ0n) is 9.66. The van der Waals surface area contributed by atoms with Crippen molar-refractivity contribution in [3.05, 3.63) is 16.1 Å². The number of aryl methyl sites for hydroxylation is 1. The number of aromatic nitrogens is 1. The number of nitrogens with zero attached hydrogens (tertiary/aromatic N) is 1. The van der Waals surface area contributed by atoms with Crippen molar-refractivity contribution < 1.29 is 4.79 Å². The summed E-state index contributed by atoms with van der Waals surface area (Å²) in [7, 11) is 0. The lowest BCUT2D eigenvalue weighted by Crippen LogP contribution is -2.39. The average Bonchev–Trinajstić information content (AvgIpc) is 2.57. The zero-order chi connectivity index (χ0) is 11.6. The molecule has 1 heterocycles. The van der Waals surface area contributed by atoms with E-state index in [4.69, 9.17) is 5.73 Å². The Balaban J connectivity index is 1.89. The van der Waals surface area contributed by atoms with Crippen LogP contribution in [0.1, 0.15) is 36.4 Å². The van der Waals surface area contributed by atoms with Gasteiger partial charge in [0.05, 0.1) is 10.7 Å². The molecular formula is C12H18N2OS. The van der Waals surface area contributed by atoms with E-state index in [1.54, 1.807) is 11.3 Å². The lowest BCUT2D eigenvalue weighted by Gasteiger charge is -2.40. The first-order valence-corrected chi connectivity index (χ1v) is 6.64. The fraction of sp³-hybridized carbons (Fsp3) is 0.667. The Hall–Kier alpha value is -0.740. The van der Waals surface area contributed by atoms with E-state index in [2.05, 4.69) is 4.98 Å². The molecule has 1 fully saturated rings. The number of Topliss-reactive ketones (excluding diaryl/α,β-unsaturated/α-hetero) is 1. The highest BCUT2D eigenvalue weighted by atomic mass is 32.1.